The Morgan fingerprint density at radius 3 is 2.68 bits per heavy atom. The molecule has 0 fully saturated rings. The van der Waals surface area contributed by atoms with Crippen molar-refractivity contribution in [3.8, 4) is 11.3 Å². The van der Waals surface area contributed by atoms with Gasteiger partial charge in [0.15, 0.2) is 0 Å². The van der Waals surface area contributed by atoms with Gasteiger partial charge in [-0.15, -0.1) is 0 Å². The molecule has 0 unspecified atom stereocenters. The average molecular weight is 404 g/mol. The molecule has 22 heavy (non-hydrogen) atoms. The van der Waals surface area contributed by atoms with E-state index in [-0.39, 0.29) is 0 Å². The summed E-state index contributed by atoms with van der Waals surface area (Å²) in [7, 11) is 0. The fraction of sp³-hybridized carbons (Fsp3) is 0.263. The van der Waals surface area contributed by atoms with E-state index in [0.717, 1.165) is 25.8 Å². The molecule has 3 aromatic rings. The van der Waals surface area contributed by atoms with E-state index in [1.807, 2.05) is 0 Å². The highest BCUT2D eigenvalue weighted by atomic mass is 127. The number of hydrogen-bond donors (Lipinski definition) is 2. The van der Waals surface area contributed by atoms with Gasteiger partial charge in [0.2, 0.25) is 0 Å². The van der Waals surface area contributed by atoms with E-state index < -0.39 is 0 Å². The first-order chi connectivity index (χ1) is 10.7. The Morgan fingerprint density at radius 1 is 1.09 bits per heavy atom. The third-order valence-electron chi connectivity index (χ3n) is 4.09. The average Bonchev–Trinajstić information content (AvgIpc) is 2.86. The summed E-state index contributed by atoms with van der Waals surface area (Å²) >= 11 is 2.42. The van der Waals surface area contributed by atoms with Crippen LogP contribution in [0.15, 0.2) is 42.5 Å². The van der Waals surface area contributed by atoms with Crippen molar-refractivity contribution in [2.75, 3.05) is 6.54 Å². The van der Waals surface area contributed by atoms with Gasteiger partial charge in [0.1, 0.15) is 0 Å². The predicted molar refractivity (Wildman–Crippen MR) is 103 cm³/mol. The quantitative estimate of drug-likeness (QED) is 0.455. The molecule has 1 heterocycles. The number of halogens is 1. The molecule has 0 bridgehead atoms. The lowest BCUT2D eigenvalue weighted by atomic mass is 9.99. The van der Waals surface area contributed by atoms with E-state index in [1.165, 1.54) is 36.9 Å². The number of aromatic amines is 1. The SMILES string of the molecule is Cc1ccc2[nH]c(-c3ccccc3I)c(CCCCN)c2c1. The zero-order valence-electron chi connectivity index (χ0n) is 12.8. The van der Waals surface area contributed by atoms with Crippen molar-refractivity contribution in [3.05, 3.63) is 57.2 Å². The van der Waals surface area contributed by atoms with Crippen molar-refractivity contribution in [2.45, 2.75) is 26.2 Å². The highest BCUT2D eigenvalue weighted by Gasteiger charge is 2.14. The molecule has 0 aliphatic carbocycles. The Labute approximate surface area is 145 Å². The van der Waals surface area contributed by atoms with Crippen molar-refractivity contribution in [3.63, 3.8) is 0 Å². The lowest BCUT2D eigenvalue weighted by Crippen LogP contribution is -1.99. The van der Waals surface area contributed by atoms with Crippen LogP contribution in [0.25, 0.3) is 22.2 Å². The van der Waals surface area contributed by atoms with Crippen molar-refractivity contribution in [2.24, 2.45) is 5.73 Å². The van der Waals surface area contributed by atoms with Gasteiger partial charge in [0.05, 0.1) is 5.69 Å². The van der Waals surface area contributed by atoms with E-state index in [0.29, 0.717) is 0 Å². The minimum Gasteiger partial charge on any atom is -0.354 e. The summed E-state index contributed by atoms with van der Waals surface area (Å²) < 4.78 is 1.28. The maximum absolute atomic E-state index is 5.67. The van der Waals surface area contributed by atoms with E-state index in [9.17, 15) is 0 Å². The number of aromatic nitrogens is 1. The molecular weight excluding hydrogens is 383 g/mol. The van der Waals surface area contributed by atoms with Crippen LogP contribution in [0.3, 0.4) is 0 Å². The molecule has 0 saturated carbocycles. The Kier molecular flexibility index (Phi) is 4.84. The van der Waals surface area contributed by atoms with E-state index in [4.69, 9.17) is 5.73 Å². The summed E-state index contributed by atoms with van der Waals surface area (Å²) in [6, 6.07) is 15.2. The number of fused-ring (bicyclic) bond motifs is 1. The van der Waals surface area contributed by atoms with Gasteiger partial charge in [0, 0.05) is 20.0 Å². The van der Waals surface area contributed by atoms with Crippen LogP contribution < -0.4 is 5.73 Å². The Morgan fingerprint density at radius 2 is 1.91 bits per heavy atom. The van der Waals surface area contributed by atoms with Crippen molar-refractivity contribution < 1.29 is 0 Å². The molecule has 0 radical (unpaired) electrons. The molecule has 0 atom stereocenters. The molecule has 3 rings (SSSR count). The number of H-pyrrole nitrogens is 1. The Balaban J connectivity index is 2.15. The van der Waals surface area contributed by atoms with Gasteiger partial charge >= 0.3 is 0 Å². The molecule has 0 amide bonds. The van der Waals surface area contributed by atoms with Crippen molar-refractivity contribution >= 4 is 33.5 Å². The lowest BCUT2D eigenvalue weighted by molar-refractivity contribution is 0.748. The summed E-state index contributed by atoms with van der Waals surface area (Å²) in [4.78, 5) is 3.64. The summed E-state index contributed by atoms with van der Waals surface area (Å²) in [6.45, 7) is 2.92. The molecule has 0 aliphatic rings. The number of aryl methyl sites for hydroxylation is 2. The minimum absolute atomic E-state index is 0.763. The van der Waals surface area contributed by atoms with Crippen molar-refractivity contribution in [1.82, 2.24) is 4.98 Å². The Bertz CT molecular complexity index is 789. The minimum atomic E-state index is 0.763. The maximum Gasteiger partial charge on any atom is 0.0508 e. The highest BCUT2D eigenvalue weighted by Crippen LogP contribution is 2.34. The third kappa shape index (κ3) is 3.06. The number of benzene rings is 2. The second-order valence-corrected chi connectivity index (χ2v) is 6.92. The number of nitrogens with one attached hydrogen (secondary N) is 1. The molecule has 3 N–H and O–H groups in total. The lowest BCUT2D eigenvalue weighted by Gasteiger charge is -2.07. The van der Waals surface area contributed by atoms with Gasteiger partial charge in [-0.05, 0) is 79.1 Å². The monoisotopic (exact) mass is 404 g/mol. The van der Waals surface area contributed by atoms with Gasteiger partial charge in [0.25, 0.3) is 0 Å². The molecule has 114 valence electrons. The van der Waals surface area contributed by atoms with Crippen LogP contribution in [-0.2, 0) is 6.42 Å². The van der Waals surface area contributed by atoms with Crippen LogP contribution in [0.1, 0.15) is 24.0 Å². The number of rotatable bonds is 5. The van der Waals surface area contributed by atoms with E-state index in [2.05, 4.69) is 77.0 Å². The fourth-order valence-electron chi connectivity index (χ4n) is 2.96. The first kappa shape index (κ1) is 15.6. The van der Waals surface area contributed by atoms with Crippen LogP contribution in [0.2, 0.25) is 0 Å². The zero-order chi connectivity index (χ0) is 15.5. The molecule has 2 nitrogen and oxygen atoms in total. The largest absolute Gasteiger partial charge is 0.354 e. The van der Waals surface area contributed by atoms with Crippen LogP contribution in [0.5, 0.6) is 0 Å². The van der Waals surface area contributed by atoms with E-state index >= 15 is 0 Å². The highest BCUT2D eigenvalue weighted by molar-refractivity contribution is 14.1. The molecular formula is C19H21IN2. The van der Waals surface area contributed by atoms with Crippen LogP contribution in [0.4, 0.5) is 0 Å². The normalized spacial score (nSPS) is 11.2. The number of nitrogens with two attached hydrogens (primary N) is 1. The van der Waals surface area contributed by atoms with Crippen LogP contribution in [-0.4, -0.2) is 11.5 Å². The smallest absolute Gasteiger partial charge is 0.0508 e. The molecule has 1 aromatic heterocycles. The maximum atomic E-state index is 5.67. The van der Waals surface area contributed by atoms with Crippen LogP contribution in [0, 0.1) is 10.5 Å². The summed E-state index contributed by atoms with van der Waals surface area (Å²) in [5, 5.41) is 1.35. The molecule has 0 spiro atoms. The first-order valence-corrected chi connectivity index (χ1v) is 8.84. The first-order valence-electron chi connectivity index (χ1n) is 7.77. The second kappa shape index (κ2) is 6.84. The van der Waals surface area contributed by atoms with Gasteiger partial charge in [-0.1, -0.05) is 29.8 Å². The van der Waals surface area contributed by atoms with Gasteiger partial charge in [-0.2, -0.15) is 0 Å². The van der Waals surface area contributed by atoms with Gasteiger partial charge < -0.3 is 10.7 Å². The Hall–Kier alpha value is -1.33. The van der Waals surface area contributed by atoms with E-state index in [1.54, 1.807) is 0 Å². The zero-order valence-corrected chi connectivity index (χ0v) is 15.0. The van der Waals surface area contributed by atoms with Gasteiger partial charge in [-0.25, -0.2) is 0 Å². The summed E-state index contributed by atoms with van der Waals surface area (Å²) in [6.07, 6.45) is 3.28. The second-order valence-electron chi connectivity index (χ2n) is 5.75. The van der Waals surface area contributed by atoms with Crippen molar-refractivity contribution in [1.29, 1.82) is 0 Å². The molecule has 0 saturated heterocycles. The van der Waals surface area contributed by atoms with Gasteiger partial charge in [-0.3, -0.25) is 0 Å². The van der Waals surface area contributed by atoms with Crippen LogP contribution >= 0.6 is 22.6 Å². The fourth-order valence-corrected chi connectivity index (χ4v) is 3.62. The summed E-state index contributed by atoms with van der Waals surface area (Å²) in [5.41, 5.74) is 12.2. The molecule has 0 aliphatic heterocycles. The topological polar surface area (TPSA) is 41.8 Å². The molecule has 2 aromatic carbocycles. The number of hydrogen-bond acceptors (Lipinski definition) is 1. The molecule has 3 heteroatoms. The standard InChI is InChI=1S/C19H21IN2/c1-13-9-10-18-16(12-13)14(6-4-5-11-21)19(22-18)15-7-2-3-8-17(15)20/h2-3,7-10,12,22H,4-6,11,21H2,1H3. The predicted octanol–water partition coefficient (Wildman–Crippen LogP) is 5.03. The number of unbranched alkanes of at least 4 members (excludes halogenated alkanes) is 1. The third-order valence-corrected chi connectivity index (χ3v) is 5.03. The summed E-state index contributed by atoms with van der Waals surface area (Å²) in [5.74, 6) is 0.